The van der Waals surface area contributed by atoms with E-state index in [1.807, 2.05) is 0 Å². The fraction of sp³-hybridized carbons (Fsp3) is 0.190. The van der Waals surface area contributed by atoms with Gasteiger partial charge in [-0.05, 0) is 44.1 Å². The van der Waals surface area contributed by atoms with Crippen molar-refractivity contribution in [2.24, 2.45) is 0 Å². The molecule has 1 fully saturated rings. The van der Waals surface area contributed by atoms with Crippen LogP contribution in [-0.4, -0.2) is 28.0 Å². The number of H-pyrrole nitrogens is 1. The standard InChI is InChI=1S/C17H10F2N4OS.C4H9N/c18-9-3-1-4-10(19)16(9)17-21-11-8-20-14(7-12(11)25-17)22-13-5-2-6-15(24)23-13;1-2-4-5-3-1/h1-8H,(H2,20,22,23,24);5H,1-4H2. The third-order valence-corrected chi connectivity index (χ3v) is 5.48. The number of thiazole rings is 1. The van der Waals surface area contributed by atoms with Gasteiger partial charge in [-0.25, -0.2) is 18.7 Å². The van der Waals surface area contributed by atoms with Gasteiger partial charge in [-0.1, -0.05) is 12.1 Å². The Kier molecular flexibility index (Phi) is 6.10. The van der Waals surface area contributed by atoms with Crippen molar-refractivity contribution in [3.8, 4) is 10.6 Å². The SMILES string of the molecule is C1CCNC1.O=c1cccc(Nc2cc3sc(-c4c(F)cccc4F)nc3cn2)[nH]1. The molecular formula is C21H19F2N5OS. The molecular weight excluding hydrogens is 408 g/mol. The van der Waals surface area contributed by atoms with Gasteiger partial charge in [0.15, 0.2) is 0 Å². The molecule has 0 spiro atoms. The topological polar surface area (TPSA) is 82.7 Å². The second kappa shape index (κ2) is 9.10. The van der Waals surface area contributed by atoms with Crippen molar-refractivity contribution >= 4 is 33.2 Å². The second-order valence-corrected chi connectivity index (χ2v) is 7.69. The number of aromatic amines is 1. The summed E-state index contributed by atoms with van der Waals surface area (Å²) in [4.78, 5) is 22.4. The first-order chi connectivity index (χ1) is 14.6. The lowest BCUT2D eigenvalue weighted by Crippen LogP contribution is -2.06. The summed E-state index contributed by atoms with van der Waals surface area (Å²) < 4.78 is 28.6. The lowest BCUT2D eigenvalue weighted by atomic mass is 10.2. The minimum absolute atomic E-state index is 0.148. The van der Waals surface area contributed by atoms with Crippen LogP contribution in [-0.2, 0) is 0 Å². The molecule has 1 aliphatic rings. The lowest BCUT2D eigenvalue weighted by Gasteiger charge is -2.04. The summed E-state index contributed by atoms with van der Waals surface area (Å²) in [7, 11) is 0. The molecule has 0 aliphatic carbocycles. The van der Waals surface area contributed by atoms with E-state index in [0.29, 0.717) is 21.9 Å². The summed E-state index contributed by atoms with van der Waals surface area (Å²) in [5.41, 5.74) is 0.154. The van der Waals surface area contributed by atoms with Crippen LogP contribution in [0.25, 0.3) is 20.8 Å². The molecule has 6 nitrogen and oxygen atoms in total. The first-order valence-electron chi connectivity index (χ1n) is 9.48. The summed E-state index contributed by atoms with van der Waals surface area (Å²) in [5, 5.41) is 6.44. The molecule has 1 aliphatic heterocycles. The second-order valence-electron chi connectivity index (χ2n) is 6.66. The fourth-order valence-corrected chi connectivity index (χ4v) is 4.02. The third-order valence-electron chi connectivity index (χ3n) is 4.44. The summed E-state index contributed by atoms with van der Waals surface area (Å²) in [6.45, 7) is 2.50. The zero-order valence-corrected chi connectivity index (χ0v) is 16.7. The number of fused-ring (bicyclic) bond motifs is 1. The number of hydrogen-bond donors (Lipinski definition) is 3. The Balaban J connectivity index is 0.000000383. The van der Waals surface area contributed by atoms with E-state index >= 15 is 0 Å². The average molecular weight is 427 g/mol. The van der Waals surface area contributed by atoms with Crippen LogP contribution in [0.3, 0.4) is 0 Å². The van der Waals surface area contributed by atoms with Crippen molar-refractivity contribution in [1.82, 2.24) is 20.3 Å². The van der Waals surface area contributed by atoms with E-state index in [2.05, 4.69) is 25.6 Å². The van der Waals surface area contributed by atoms with E-state index in [-0.39, 0.29) is 16.1 Å². The largest absolute Gasteiger partial charge is 0.326 e. The average Bonchev–Trinajstić information content (AvgIpc) is 3.41. The van der Waals surface area contributed by atoms with Crippen LogP contribution in [0.5, 0.6) is 0 Å². The Labute approximate surface area is 175 Å². The van der Waals surface area contributed by atoms with Gasteiger partial charge in [0.05, 0.1) is 16.5 Å². The van der Waals surface area contributed by atoms with Gasteiger partial charge in [0.1, 0.15) is 33.8 Å². The highest BCUT2D eigenvalue weighted by molar-refractivity contribution is 7.21. The Morgan fingerprint density at radius 1 is 1.03 bits per heavy atom. The van der Waals surface area contributed by atoms with Crippen molar-refractivity contribution in [1.29, 1.82) is 0 Å². The van der Waals surface area contributed by atoms with Crippen molar-refractivity contribution in [3.05, 3.63) is 70.6 Å². The number of benzene rings is 1. The van der Waals surface area contributed by atoms with Crippen LogP contribution in [0.1, 0.15) is 12.8 Å². The predicted molar refractivity (Wildman–Crippen MR) is 115 cm³/mol. The Morgan fingerprint density at radius 3 is 2.43 bits per heavy atom. The fourth-order valence-electron chi connectivity index (χ4n) is 2.99. The molecule has 3 aromatic heterocycles. The maximum Gasteiger partial charge on any atom is 0.249 e. The summed E-state index contributed by atoms with van der Waals surface area (Å²) in [5.74, 6) is -0.345. The zero-order chi connectivity index (χ0) is 20.9. The van der Waals surface area contributed by atoms with Gasteiger partial charge in [-0.2, -0.15) is 0 Å². The third kappa shape index (κ3) is 4.69. The minimum atomic E-state index is -0.660. The first-order valence-corrected chi connectivity index (χ1v) is 10.3. The van der Waals surface area contributed by atoms with Crippen LogP contribution >= 0.6 is 11.3 Å². The molecule has 4 aromatic rings. The minimum Gasteiger partial charge on any atom is -0.326 e. The van der Waals surface area contributed by atoms with E-state index in [9.17, 15) is 13.6 Å². The summed E-state index contributed by atoms with van der Waals surface area (Å²) >= 11 is 1.16. The molecule has 1 saturated heterocycles. The van der Waals surface area contributed by atoms with Gasteiger partial charge >= 0.3 is 0 Å². The van der Waals surface area contributed by atoms with Gasteiger partial charge in [-0.3, -0.25) is 4.79 Å². The number of anilines is 2. The molecule has 30 heavy (non-hydrogen) atoms. The van der Waals surface area contributed by atoms with Crippen LogP contribution in [0.2, 0.25) is 0 Å². The molecule has 0 unspecified atom stereocenters. The summed E-state index contributed by atoms with van der Waals surface area (Å²) in [6.07, 6.45) is 4.29. The highest BCUT2D eigenvalue weighted by atomic mass is 32.1. The quantitative estimate of drug-likeness (QED) is 0.450. The number of halogens is 2. The smallest absolute Gasteiger partial charge is 0.249 e. The Hall–Kier alpha value is -3.17. The number of rotatable bonds is 3. The molecule has 0 radical (unpaired) electrons. The lowest BCUT2D eigenvalue weighted by molar-refractivity contribution is 0.589. The molecule has 4 heterocycles. The van der Waals surface area contributed by atoms with Gasteiger partial charge in [0.25, 0.3) is 0 Å². The molecule has 3 N–H and O–H groups in total. The van der Waals surface area contributed by atoms with Gasteiger partial charge in [0, 0.05) is 12.1 Å². The number of pyridine rings is 2. The Morgan fingerprint density at radius 2 is 1.77 bits per heavy atom. The molecule has 5 rings (SSSR count). The monoisotopic (exact) mass is 427 g/mol. The molecule has 1 aromatic carbocycles. The highest BCUT2D eigenvalue weighted by Gasteiger charge is 2.16. The molecule has 154 valence electrons. The molecule has 0 amide bonds. The van der Waals surface area contributed by atoms with Crippen LogP contribution in [0.4, 0.5) is 20.4 Å². The van der Waals surface area contributed by atoms with Gasteiger partial charge in [0.2, 0.25) is 5.56 Å². The zero-order valence-electron chi connectivity index (χ0n) is 15.9. The van der Waals surface area contributed by atoms with Gasteiger partial charge in [-0.15, -0.1) is 11.3 Å². The number of nitrogens with zero attached hydrogens (tertiary/aromatic N) is 2. The van der Waals surface area contributed by atoms with E-state index in [0.717, 1.165) is 11.3 Å². The molecule has 0 atom stereocenters. The van der Waals surface area contributed by atoms with Gasteiger partial charge < -0.3 is 15.6 Å². The summed E-state index contributed by atoms with van der Waals surface area (Å²) in [6, 6.07) is 10.1. The predicted octanol–water partition coefficient (Wildman–Crippen LogP) is 4.44. The number of hydrogen-bond acceptors (Lipinski definition) is 6. The van der Waals surface area contributed by atoms with E-state index in [4.69, 9.17) is 0 Å². The van der Waals surface area contributed by atoms with Crippen molar-refractivity contribution in [2.75, 3.05) is 18.4 Å². The number of aromatic nitrogens is 3. The normalized spacial score (nSPS) is 13.1. The molecule has 9 heteroatoms. The molecule has 0 saturated carbocycles. The number of nitrogens with one attached hydrogen (secondary N) is 3. The maximum absolute atomic E-state index is 13.9. The highest BCUT2D eigenvalue weighted by Crippen LogP contribution is 2.34. The van der Waals surface area contributed by atoms with E-state index < -0.39 is 11.6 Å². The molecule has 0 bridgehead atoms. The maximum atomic E-state index is 13.9. The van der Waals surface area contributed by atoms with Crippen molar-refractivity contribution < 1.29 is 8.78 Å². The van der Waals surface area contributed by atoms with Crippen LogP contribution in [0.15, 0.2) is 53.5 Å². The van der Waals surface area contributed by atoms with Crippen molar-refractivity contribution in [2.45, 2.75) is 12.8 Å². The van der Waals surface area contributed by atoms with Crippen molar-refractivity contribution in [3.63, 3.8) is 0 Å². The van der Waals surface area contributed by atoms with Crippen LogP contribution < -0.4 is 16.2 Å². The van der Waals surface area contributed by atoms with E-state index in [1.165, 1.54) is 56.4 Å². The Bertz CT molecular complexity index is 1190. The first kappa shape index (κ1) is 20.1. The van der Waals surface area contributed by atoms with E-state index in [1.54, 1.807) is 18.2 Å². The van der Waals surface area contributed by atoms with Crippen LogP contribution in [0, 0.1) is 11.6 Å².